The summed E-state index contributed by atoms with van der Waals surface area (Å²) in [6.45, 7) is 16.5. The van der Waals surface area contributed by atoms with Gasteiger partial charge in [0.1, 0.15) is 5.82 Å². The first-order valence-corrected chi connectivity index (χ1v) is 9.99. The van der Waals surface area contributed by atoms with E-state index in [0.717, 1.165) is 25.1 Å². The van der Waals surface area contributed by atoms with Gasteiger partial charge in [0.2, 0.25) is 0 Å². The molecule has 1 heterocycles. The molecule has 1 atom stereocenters. The van der Waals surface area contributed by atoms with Gasteiger partial charge in [-0.05, 0) is 65.6 Å². The first-order chi connectivity index (χ1) is 12.1. The molecule has 1 aromatic rings. The van der Waals surface area contributed by atoms with E-state index in [0.29, 0.717) is 11.5 Å². The highest BCUT2D eigenvalue weighted by molar-refractivity contribution is 6.62. The van der Waals surface area contributed by atoms with Crippen molar-refractivity contribution in [3.05, 3.63) is 29.6 Å². The predicted molar refractivity (Wildman–Crippen MR) is 107 cm³/mol. The average Bonchev–Trinajstić information content (AvgIpc) is 2.79. The lowest BCUT2D eigenvalue weighted by Gasteiger charge is -2.32. The molecule has 0 bridgehead atoms. The van der Waals surface area contributed by atoms with Crippen LogP contribution in [-0.4, -0.2) is 35.8 Å². The van der Waals surface area contributed by atoms with Gasteiger partial charge in [0, 0.05) is 18.0 Å². The number of halogens is 1. The minimum Gasteiger partial charge on any atom is -0.399 e. The predicted octanol–water partition coefficient (Wildman–Crippen LogP) is 4.53. The van der Waals surface area contributed by atoms with Crippen LogP contribution in [0.25, 0.3) is 0 Å². The Bertz CT molecular complexity index is 590. The summed E-state index contributed by atoms with van der Waals surface area (Å²) in [5.74, 6) is -0.268. The van der Waals surface area contributed by atoms with Gasteiger partial charge in [-0.1, -0.05) is 32.4 Å². The number of hydrogen-bond donors (Lipinski definition) is 0. The SMILES string of the molecule is CCCCN(Cc1ccc(F)c(B2OC(C)(C)C(C)(C)O2)c1)C(C)CC. The van der Waals surface area contributed by atoms with E-state index in [1.165, 1.54) is 12.8 Å². The van der Waals surface area contributed by atoms with E-state index in [9.17, 15) is 4.39 Å². The lowest BCUT2D eigenvalue weighted by molar-refractivity contribution is 0.00578. The van der Waals surface area contributed by atoms with Gasteiger partial charge < -0.3 is 9.31 Å². The van der Waals surface area contributed by atoms with Crippen molar-refractivity contribution in [2.45, 2.75) is 91.5 Å². The van der Waals surface area contributed by atoms with Crippen LogP contribution in [0.1, 0.15) is 73.3 Å². The molecular formula is C21H35BFNO2. The third kappa shape index (κ3) is 4.68. The van der Waals surface area contributed by atoms with Gasteiger partial charge >= 0.3 is 7.12 Å². The maximum Gasteiger partial charge on any atom is 0.497 e. The molecule has 0 amide bonds. The molecule has 146 valence electrons. The van der Waals surface area contributed by atoms with Crippen LogP contribution in [0.3, 0.4) is 0 Å². The van der Waals surface area contributed by atoms with Crippen LogP contribution in [0.2, 0.25) is 0 Å². The van der Waals surface area contributed by atoms with Crippen molar-refractivity contribution >= 4 is 12.6 Å². The summed E-state index contributed by atoms with van der Waals surface area (Å²) in [7, 11) is -0.660. The molecular weight excluding hydrogens is 328 g/mol. The van der Waals surface area contributed by atoms with E-state index in [4.69, 9.17) is 9.31 Å². The fourth-order valence-corrected chi connectivity index (χ4v) is 3.15. The molecule has 0 N–H and O–H groups in total. The van der Waals surface area contributed by atoms with Crippen LogP contribution in [-0.2, 0) is 15.9 Å². The van der Waals surface area contributed by atoms with Crippen molar-refractivity contribution in [2.24, 2.45) is 0 Å². The van der Waals surface area contributed by atoms with E-state index in [1.807, 2.05) is 39.8 Å². The van der Waals surface area contributed by atoms with Gasteiger partial charge in [0.05, 0.1) is 11.2 Å². The Morgan fingerprint density at radius 3 is 2.27 bits per heavy atom. The molecule has 0 aromatic heterocycles. The topological polar surface area (TPSA) is 21.7 Å². The van der Waals surface area contributed by atoms with Crippen molar-refractivity contribution in [1.82, 2.24) is 4.90 Å². The van der Waals surface area contributed by atoms with Crippen molar-refractivity contribution in [2.75, 3.05) is 6.54 Å². The number of unbranched alkanes of at least 4 members (excludes halogenated alkanes) is 1. The van der Waals surface area contributed by atoms with E-state index in [-0.39, 0.29) is 5.82 Å². The van der Waals surface area contributed by atoms with Crippen LogP contribution in [0, 0.1) is 5.82 Å². The second-order valence-electron chi connectivity index (χ2n) is 8.53. The Morgan fingerprint density at radius 2 is 1.73 bits per heavy atom. The molecule has 1 fully saturated rings. The summed E-state index contributed by atoms with van der Waals surface area (Å²) >= 11 is 0. The minimum atomic E-state index is -0.660. The normalized spacial score (nSPS) is 20.0. The summed E-state index contributed by atoms with van der Waals surface area (Å²) < 4.78 is 26.6. The van der Waals surface area contributed by atoms with E-state index < -0.39 is 18.3 Å². The highest BCUT2D eigenvalue weighted by Crippen LogP contribution is 2.36. The minimum absolute atomic E-state index is 0.268. The zero-order valence-corrected chi connectivity index (χ0v) is 17.6. The van der Waals surface area contributed by atoms with Crippen molar-refractivity contribution in [1.29, 1.82) is 0 Å². The summed E-state index contributed by atoms with van der Waals surface area (Å²) in [5.41, 5.74) is 0.668. The summed E-state index contributed by atoms with van der Waals surface area (Å²) in [6.07, 6.45) is 3.46. The molecule has 0 aliphatic carbocycles. The Morgan fingerprint density at radius 1 is 1.12 bits per heavy atom. The third-order valence-electron chi connectivity index (χ3n) is 5.97. The van der Waals surface area contributed by atoms with Gasteiger partial charge in [0.25, 0.3) is 0 Å². The molecule has 26 heavy (non-hydrogen) atoms. The van der Waals surface area contributed by atoms with Crippen LogP contribution >= 0.6 is 0 Å². The van der Waals surface area contributed by atoms with E-state index in [2.05, 4.69) is 25.7 Å². The maximum atomic E-state index is 14.5. The molecule has 2 rings (SSSR count). The lowest BCUT2D eigenvalue weighted by Crippen LogP contribution is -2.41. The molecule has 1 saturated heterocycles. The highest BCUT2D eigenvalue weighted by Gasteiger charge is 2.52. The summed E-state index contributed by atoms with van der Waals surface area (Å²) in [4.78, 5) is 2.48. The van der Waals surface area contributed by atoms with E-state index >= 15 is 0 Å². The lowest BCUT2D eigenvalue weighted by atomic mass is 9.78. The molecule has 3 nitrogen and oxygen atoms in total. The first kappa shape index (κ1) is 21.4. The summed E-state index contributed by atoms with van der Waals surface area (Å²) in [5, 5.41) is 0. The standard InChI is InChI=1S/C21H35BFNO2/c1-8-10-13-24(16(3)9-2)15-17-11-12-19(23)18(14-17)22-25-20(4,5)21(6,7)26-22/h11-12,14,16H,8-10,13,15H2,1-7H3. The second kappa shape index (κ2) is 8.41. The maximum absolute atomic E-state index is 14.5. The molecule has 5 heteroatoms. The third-order valence-corrected chi connectivity index (χ3v) is 5.97. The number of benzene rings is 1. The average molecular weight is 363 g/mol. The zero-order valence-electron chi connectivity index (χ0n) is 17.6. The van der Waals surface area contributed by atoms with E-state index in [1.54, 1.807) is 6.07 Å². The van der Waals surface area contributed by atoms with Crippen LogP contribution in [0.15, 0.2) is 18.2 Å². The van der Waals surface area contributed by atoms with Crippen molar-refractivity contribution < 1.29 is 13.7 Å². The Kier molecular flexibility index (Phi) is 6.92. The van der Waals surface area contributed by atoms with Crippen LogP contribution in [0.5, 0.6) is 0 Å². The van der Waals surface area contributed by atoms with Crippen LogP contribution in [0.4, 0.5) is 4.39 Å². The van der Waals surface area contributed by atoms with Crippen molar-refractivity contribution in [3.8, 4) is 0 Å². The molecule has 1 aliphatic heterocycles. The smallest absolute Gasteiger partial charge is 0.399 e. The molecule has 1 aromatic carbocycles. The molecule has 0 radical (unpaired) electrons. The molecule has 1 unspecified atom stereocenters. The van der Waals surface area contributed by atoms with Gasteiger partial charge in [-0.25, -0.2) is 4.39 Å². The number of nitrogens with zero attached hydrogens (tertiary/aromatic N) is 1. The van der Waals surface area contributed by atoms with Crippen molar-refractivity contribution in [3.63, 3.8) is 0 Å². The van der Waals surface area contributed by atoms with Crippen LogP contribution < -0.4 is 5.46 Å². The Labute approximate surface area is 159 Å². The highest BCUT2D eigenvalue weighted by atomic mass is 19.1. The fraction of sp³-hybridized carbons (Fsp3) is 0.714. The second-order valence-corrected chi connectivity index (χ2v) is 8.53. The Balaban J connectivity index is 2.21. The van der Waals surface area contributed by atoms with Gasteiger partial charge in [-0.15, -0.1) is 0 Å². The summed E-state index contributed by atoms with van der Waals surface area (Å²) in [6, 6.07) is 5.85. The number of hydrogen-bond acceptors (Lipinski definition) is 3. The van der Waals surface area contributed by atoms with Gasteiger partial charge in [0.15, 0.2) is 0 Å². The quantitative estimate of drug-likeness (QED) is 0.634. The largest absolute Gasteiger partial charge is 0.497 e. The molecule has 1 aliphatic rings. The molecule has 0 spiro atoms. The van der Waals surface area contributed by atoms with Gasteiger partial charge in [-0.3, -0.25) is 4.90 Å². The monoisotopic (exact) mass is 363 g/mol. The Hall–Kier alpha value is -0.905. The first-order valence-electron chi connectivity index (χ1n) is 9.99. The molecule has 0 saturated carbocycles. The van der Waals surface area contributed by atoms with Gasteiger partial charge in [-0.2, -0.15) is 0 Å². The zero-order chi connectivity index (χ0) is 19.5. The number of rotatable bonds is 8. The fourth-order valence-electron chi connectivity index (χ4n) is 3.15.